The lowest BCUT2D eigenvalue weighted by Gasteiger charge is -2.13. The van der Waals surface area contributed by atoms with Gasteiger partial charge in [-0.25, -0.2) is 0 Å². The first-order chi connectivity index (χ1) is 11.1. The van der Waals surface area contributed by atoms with Crippen LogP contribution in [0.4, 0.5) is 0 Å². The number of rotatable bonds is 4. The number of hydrogen-bond donors (Lipinski definition) is 1. The molecule has 120 valence electrons. The van der Waals surface area contributed by atoms with Gasteiger partial charge in [-0.05, 0) is 18.2 Å². The molecule has 0 atom stereocenters. The Labute approximate surface area is 132 Å². The highest BCUT2D eigenvalue weighted by atomic mass is 16.5. The number of pyridine rings is 1. The molecule has 0 aliphatic rings. The van der Waals surface area contributed by atoms with Gasteiger partial charge in [-0.15, -0.1) is 0 Å². The standard InChI is InChI=1S/C17H17NO5/c1-20-13-5-9-10-6-14(21-2)16(23-4)8-12(10)18-17(19)11(9)7-15(13)22-3/h5-8H,1-4H3,(H,18,19). The maximum Gasteiger partial charge on any atom is 0.256 e. The van der Waals surface area contributed by atoms with Crippen molar-refractivity contribution in [3.05, 3.63) is 34.6 Å². The van der Waals surface area contributed by atoms with Gasteiger partial charge in [0.05, 0.1) is 39.3 Å². The second-order valence-corrected chi connectivity index (χ2v) is 4.96. The van der Waals surface area contributed by atoms with Gasteiger partial charge in [-0.1, -0.05) is 0 Å². The summed E-state index contributed by atoms with van der Waals surface area (Å²) < 4.78 is 21.2. The molecule has 3 rings (SSSR count). The Bertz CT molecular complexity index is 945. The van der Waals surface area contributed by atoms with Gasteiger partial charge in [0.25, 0.3) is 5.56 Å². The van der Waals surface area contributed by atoms with Gasteiger partial charge in [0.15, 0.2) is 23.0 Å². The van der Waals surface area contributed by atoms with E-state index >= 15 is 0 Å². The van der Waals surface area contributed by atoms with Gasteiger partial charge in [0.2, 0.25) is 0 Å². The normalized spacial score (nSPS) is 10.8. The van der Waals surface area contributed by atoms with E-state index in [-0.39, 0.29) is 5.56 Å². The van der Waals surface area contributed by atoms with E-state index in [0.717, 1.165) is 10.8 Å². The molecule has 1 aromatic heterocycles. The van der Waals surface area contributed by atoms with Gasteiger partial charge in [-0.3, -0.25) is 4.79 Å². The van der Waals surface area contributed by atoms with Crippen molar-refractivity contribution in [2.24, 2.45) is 0 Å². The van der Waals surface area contributed by atoms with Gasteiger partial charge < -0.3 is 23.9 Å². The predicted molar refractivity (Wildman–Crippen MR) is 88.3 cm³/mol. The number of methoxy groups -OCH3 is 4. The number of ether oxygens (including phenoxy) is 4. The quantitative estimate of drug-likeness (QED) is 0.750. The Morgan fingerprint density at radius 3 is 1.61 bits per heavy atom. The van der Waals surface area contributed by atoms with Crippen molar-refractivity contribution in [3.63, 3.8) is 0 Å². The minimum absolute atomic E-state index is 0.208. The second-order valence-electron chi connectivity index (χ2n) is 4.96. The van der Waals surface area contributed by atoms with Crippen molar-refractivity contribution < 1.29 is 18.9 Å². The lowest BCUT2D eigenvalue weighted by atomic mass is 10.0. The molecule has 0 aliphatic heterocycles. The summed E-state index contributed by atoms with van der Waals surface area (Å²) >= 11 is 0. The van der Waals surface area contributed by atoms with Crippen molar-refractivity contribution in [1.82, 2.24) is 4.98 Å². The van der Waals surface area contributed by atoms with E-state index < -0.39 is 0 Å². The predicted octanol–water partition coefficient (Wildman–Crippen LogP) is 2.72. The topological polar surface area (TPSA) is 69.8 Å². The first-order valence-corrected chi connectivity index (χ1v) is 6.96. The van der Waals surface area contributed by atoms with Crippen LogP contribution in [0.15, 0.2) is 29.1 Å². The van der Waals surface area contributed by atoms with E-state index in [4.69, 9.17) is 18.9 Å². The molecule has 0 spiro atoms. The maximum absolute atomic E-state index is 12.4. The fraction of sp³-hybridized carbons (Fsp3) is 0.235. The van der Waals surface area contributed by atoms with E-state index in [1.165, 1.54) is 7.11 Å². The highest BCUT2D eigenvalue weighted by Crippen LogP contribution is 2.37. The van der Waals surface area contributed by atoms with Crippen molar-refractivity contribution in [1.29, 1.82) is 0 Å². The van der Waals surface area contributed by atoms with Crippen molar-refractivity contribution >= 4 is 21.7 Å². The molecule has 0 bridgehead atoms. The fourth-order valence-electron chi connectivity index (χ4n) is 2.68. The van der Waals surface area contributed by atoms with Crippen LogP contribution < -0.4 is 24.5 Å². The molecular weight excluding hydrogens is 298 g/mol. The maximum atomic E-state index is 12.4. The first-order valence-electron chi connectivity index (χ1n) is 6.96. The SMILES string of the molecule is COc1cc2[nH]c(=O)c3cc(OC)c(OC)cc3c2cc1OC. The molecule has 6 heteroatoms. The zero-order chi connectivity index (χ0) is 16.6. The molecule has 0 aliphatic carbocycles. The van der Waals surface area contributed by atoms with Gasteiger partial charge in [0, 0.05) is 16.8 Å². The lowest BCUT2D eigenvalue weighted by Crippen LogP contribution is -2.07. The summed E-state index contributed by atoms with van der Waals surface area (Å²) in [7, 11) is 6.22. The van der Waals surface area contributed by atoms with Crippen LogP contribution in [0, 0.1) is 0 Å². The smallest absolute Gasteiger partial charge is 0.256 e. The summed E-state index contributed by atoms with van der Waals surface area (Å²) in [6, 6.07) is 7.03. The van der Waals surface area contributed by atoms with Gasteiger partial charge >= 0.3 is 0 Å². The Morgan fingerprint density at radius 2 is 1.09 bits per heavy atom. The van der Waals surface area contributed by atoms with E-state index in [0.29, 0.717) is 33.9 Å². The molecule has 2 aromatic carbocycles. The van der Waals surface area contributed by atoms with E-state index in [9.17, 15) is 4.79 Å². The fourth-order valence-corrected chi connectivity index (χ4v) is 2.68. The molecule has 23 heavy (non-hydrogen) atoms. The third-order valence-corrected chi connectivity index (χ3v) is 3.83. The third-order valence-electron chi connectivity index (χ3n) is 3.83. The van der Waals surface area contributed by atoms with Crippen molar-refractivity contribution in [3.8, 4) is 23.0 Å². The first kappa shape index (κ1) is 15.0. The zero-order valence-electron chi connectivity index (χ0n) is 13.4. The van der Waals surface area contributed by atoms with Crippen LogP contribution in [0.3, 0.4) is 0 Å². The number of fused-ring (bicyclic) bond motifs is 3. The highest BCUT2D eigenvalue weighted by molar-refractivity contribution is 6.07. The number of nitrogens with one attached hydrogen (secondary N) is 1. The van der Waals surface area contributed by atoms with Crippen LogP contribution in [0.25, 0.3) is 21.7 Å². The number of aromatic amines is 1. The Hall–Kier alpha value is -2.89. The summed E-state index contributed by atoms with van der Waals surface area (Å²) in [6.07, 6.45) is 0. The van der Waals surface area contributed by atoms with Crippen LogP contribution >= 0.6 is 0 Å². The highest BCUT2D eigenvalue weighted by Gasteiger charge is 2.14. The minimum Gasteiger partial charge on any atom is -0.493 e. The lowest BCUT2D eigenvalue weighted by molar-refractivity contribution is 0.355. The van der Waals surface area contributed by atoms with E-state index in [2.05, 4.69) is 4.98 Å². The summed E-state index contributed by atoms with van der Waals surface area (Å²) in [6.45, 7) is 0. The molecule has 6 nitrogen and oxygen atoms in total. The largest absolute Gasteiger partial charge is 0.493 e. The third kappa shape index (κ3) is 2.32. The molecule has 1 N–H and O–H groups in total. The Kier molecular flexibility index (Phi) is 3.73. The van der Waals surface area contributed by atoms with Crippen LogP contribution in [-0.2, 0) is 0 Å². The van der Waals surface area contributed by atoms with Crippen molar-refractivity contribution in [2.75, 3.05) is 28.4 Å². The molecule has 0 unspecified atom stereocenters. The summed E-state index contributed by atoms with van der Waals surface area (Å²) in [5.74, 6) is 2.20. The Balaban J connectivity index is 2.47. The molecule has 0 amide bonds. The second kappa shape index (κ2) is 5.72. The summed E-state index contributed by atoms with van der Waals surface area (Å²) in [5.41, 5.74) is 0.452. The van der Waals surface area contributed by atoms with Crippen LogP contribution in [0.1, 0.15) is 0 Å². The molecule has 0 saturated heterocycles. The summed E-state index contributed by atoms with van der Waals surface area (Å²) in [5, 5.41) is 2.10. The molecule has 0 fully saturated rings. The number of aromatic nitrogens is 1. The minimum atomic E-state index is -0.208. The summed E-state index contributed by atoms with van der Waals surface area (Å²) in [4.78, 5) is 15.3. The van der Waals surface area contributed by atoms with Crippen LogP contribution in [-0.4, -0.2) is 33.4 Å². The molecule has 0 radical (unpaired) electrons. The number of H-pyrrole nitrogens is 1. The van der Waals surface area contributed by atoms with Crippen LogP contribution in [0.2, 0.25) is 0 Å². The van der Waals surface area contributed by atoms with Crippen LogP contribution in [0.5, 0.6) is 23.0 Å². The number of hydrogen-bond acceptors (Lipinski definition) is 5. The van der Waals surface area contributed by atoms with Gasteiger partial charge in [-0.2, -0.15) is 0 Å². The molecule has 1 heterocycles. The van der Waals surface area contributed by atoms with E-state index in [1.807, 2.05) is 6.07 Å². The average Bonchev–Trinajstić information content (AvgIpc) is 2.59. The van der Waals surface area contributed by atoms with Crippen molar-refractivity contribution in [2.45, 2.75) is 0 Å². The van der Waals surface area contributed by atoms with Gasteiger partial charge in [0.1, 0.15) is 0 Å². The Morgan fingerprint density at radius 1 is 0.652 bits per heavy atom. The molecule has 0 saturated carbocycles. The molecular formula is C17H17NO5. The number of benzene rings is 2. The molecule has 3 aromatic rings. The monoisotopic (exact) mass is 315 g/mol. The van der Waals surface area contributed by atoms with E-state index in [1.54, 1.807) is 39.5 Å². The zero-order valence-corrected chi connectivity index (χ0v) is 13.4. The average molecular weight is 315 g/mol.